The normalized spacial score (nSPS) is 8.96. The van der Waals surface area contributed by atoms with E-state index in [1.165, 1.54) is 35.3 Å². The minimum absolute atomic E-state index is 0.155. The van der Waals surface area contributed by atoms with Gasteiger partial charge in [0.2, 0.25) is 0 Å². The van der Waals surface area contributed by atoms with E-state index < -0.39 is 0 Å². The van der Waals surface area contributed by atoms with Crippen molar-refractivity contribution in [3.8, 4) is 12.1 Å². The van der Waals surface area contributed by atoms with Crippen LogP contribution in [0.2, 0.25) is 0 Å². The van der Waals surface area contributed by atoms with Gasteiger partial charge in [-0.25, -0.2) is 20.2 Å². The Hall–Kier alpha value is -1.75. The highest BCUT2D eigenvalue weighted by atomic mass is 32.2. The highest BCUT2D eigenvalue weighted by molar-refractivity contribution is 8.21. The highest BCUT2D eigenvalue weighted by Crippen LogP contribution is 2.27. The first-order valence-corrected chi connectivity index (χ1v) is 9.97. The summed E-state index contributed by atoms with van der Waals surface area (Å²) in [5.41, 5.74) is 0.350. The molecule has 9 heteroatoms. The van der Waals surface area contributed by atoms with Crippen LogP contribution in [0.25, 0.3) is 9.69 Å². The molecule has 0 heterocycles. The van der Waals surface area contributed by atoms with E-state index in [1.54, 1.807) is 4.90 Å². The molecule has 130 valence electrons. The Balaban J connectivity index is -0.000000317. The zero-order chi connectivity index (χ0) is 19.5. The number of nitrogens with one attached hydrogen (secondary N) is 1. The molecule has 0 aliphatic carbocycles. The number of rotatable bonds is 4. The van der Waals surface area contributed by atoms with Crippen LogP contribution >= 0.6 is 35.3 Å². The monoisotopic (exact) mass is 382 g/mol. The molecule has 0 rings (SSSR count). The fourth-order valence-electron chi connectivity index (χ4n) is 1.00. The van der Waals surface area contributed by atoms with Gasteiger partial charge in [0.15, 0.2) is 0 Å². The van der Waals surface area contributed by atoms with Gasteiger partial charge in [0.1, 0.15) is 0 Å². The Morgan fingerprint density at radius 1 is 0.917 bits per heavy atom. The van der Waals surface area contributed by atoms with Gasteiger partial charge in [-0.1, -0.05) is 0 Å². The second kappa shape index (κ2) is 19.3. The Morgan fingerprint density at radius 3 is 1.38 bits per heavy atom. The first kappa shape index (κ1) is 27.1. The van der Waals surface area contributed by atoms with Crippen molar-refractivity contribution in [3.05, 3.63) is 43.5 Å². The van der Waals surface area contributed by atoms with Crippen LogP contribution in [-0.2, 0) is 0 Å². The number of thioether (sulfide) groups is 3. The highest BCUT2D eigenvalue weighted by Gasteiger charge is 2.06. The van der Waals surface area contributed by atoms with E-state index in [0.717, 1.165) is 4.24 Å². The lowest BCUT2D eigenvalue weighted by molar-refractivity contribution is 0.548. The molecule has 24 heavy (non-hydrogen) atoms. The van der Waals surface area contributed by atoms with Gasteiger partial charge in [-0.05, 0) is 32.9 Å². The zero-order valence-electron chi connectivity index (χ0n) is 15.0. The Bertz CT molecular complexity index is 544. The van der Waals surface area contributed by atoms with Crippen molar-refractivity contribution in [2.24, 2.45) is 0 Å². The van der Waals surface area contributed by atoms with Crippen LogP contribution in [0.1, 0.15) is 0 Å². The van der Waals surface area contributed by atoms with Gasteiger partial charge >= 0.3 is 0 Å². The smallest absolute Gasteiger partial charge is 0.290 e. The molecule has 0 amide bonds. The standard InChI is InChI=1S/C7H9N3S.C6H6N2S2.C2H7N/c1-9-6(5-8)7(11-4)10(2)3;1-8-5(4-7)6(9-2)10-3;1-3-2/h2-4H3;2-3H3;3H,1-2H3/b7-6+;;. The molecule has 0 bridgehead atoms. The van der Waals surface area contributed by atoms with E-state index >= 15 is 0 Å². The average molecular weight is 383 g/mol. The second-order valence-electron chi connectivity index (χ2n) is 3.74. The van der Waals surface area contributed by atoms with Crippen molar-refractivity contribution in [2.75, 3.05) is 47.0 Å². The fraction of sp³-hybridized carbons (Fsp3) is 0.467. The molecule has 0 aromatic rings. The molecule has 0 aromatic carbocycles. The Morgan fingerprint density at radius 2 is 1.29 bits per heavy atom. The van der Waals surface area contributed by atoms with E-state index in [1.807, 2.05) is 59.1 Å². The van der Waals surface area contributed by atoms with Crippen LogP contribution in [0, 0.1) is 35.8 Å². The van der Waals surface area contributed by atoms with Crippen molar-refractivity contribution < 1.29 is 0 Å². The molecule has 0 fully saturated rings. The summed E-state index contributed by atoms with van der Waals surface area (Å²) in [6.07, 6.45) is 5.56. The van der Waals surface area contributed by atoms with Gasteiger partial charge in [-0.3, -0.25) is 0 Å². The van der Waals surface area contributed by atoms with Crippen molar-refractivity contribution in [1.82, 2.24) is 10.2 Å². The van der Waals surface area contributed by atoms with Gasteiger partial charge in [-0.15, -0.1) is 35.3 Å². The first-order valence-electron chi connectivity index (χ1n) is 6.30. The summed E-state index contributed by atoms with van der Waals surface area (Å²) in [5.74, 6) is 0. The Kier molecular flexibility index (Phi) is 21.8. The maximum atomic E-state index is 8.51. The number of nitriles is 2. The third kappa shape index (κ3) is 12.8. The molecule has 1 N–H and O–H groups in total. The maximum absolute atomic E-state index is 8.51. The third-order valence-corrected chi connectivity index (χ3v) is 4.88. The molecule has 0 atom stereocenters. The molecule has 0 unspecified atom stereocenters. The number of allylic oxidation sites excluding steroid dienone is 2. The molecule has 0 aliphatic rings. The molecule has 0 aromatic heterocycles. The van der Waals surface area contributed by atoms with Crippen molar-refractivity contribution in [2.45, 2.75) is 0 Å². The lowest BCUT2D eigenvalue weighted by atomic mass is 10.5. The SMILES string of the molecule is CNC.[C-]#[N+]/C(C#N)=C(/SC)N(C)C.[C-]#[N+]C(C#N)=C(SC)SC. The second-order valence-corrected chi connectivity index (χ2v) is 6.43. The zero-order valence-corrected chi connectivity index (χ0v) is 17.4. The molecule has 0 aliphatic heterocycles. The first-order chi connectivity index (χ1) is 11.4. The van der Waals surface area contributed by atoms with Crippen LogP contribution in [0.15, 0.2) is 20.7 Å². The minimum atomic E-state index is 0.155. The molecular weight excluding hydrogens is 360 g/mol. The lowest BCUT2D eigenvalue weighted by Gasteiger charge is -2.14. The van der Waals surface area contributed by atoms with Crippen LogP contribution in [0.5, 0.6) is 0 Å². The third-order valence-electron chi connectivity index (χ3n) is 1.80. The quantitative estimate of drug-likeness (QED) is 0.587. The predicted molar refractivity (Wildman–Crippen MR) is 108 cm³/mol. The van der Waals surface area contributed by atoms with Crippen LogP contribution < -0.4 is 5.32 Å². The summed E-state index contributed by atoms with van der Waals surface area (Å²) in [6, 6.07) is 3.68. The number of hydrogen-bond acceptors (Lipinski definition) is 7. The van der Waals surface area contributed by atoms with E-state index in [9.17, 15) is 0 Å². The van der Waals surface area contributed by atoms with E-state index in [-0.39, 0.29) is 11.4 Å². The van der Waals surface area contributed by atoms with Crippen molar-refractivity contribution >= 4 is 35.3 Å². The molecule has 0 radical (unpaired) electrons. The Labute approximate surface area is 158 Å². The molecular formula is C15H22N6S3. The summed E-state index contributed by atoms with van der Waals surface area (Å²) in [6.45, 7) is 13.3. The summed E-state index contributed by atoms with van der Waals surface area (Å²) in [5, 5.41) is 20.4. The van der Waals surface area contributed by atoms with Gasteiger partial charge in [0, 0.05) is 14.1 Å². The maximum Gasteiger partial charge on any atom is 0.290 e. The number of nitrogens with zero attached hydrogens (tertiary/aromatic N) is 5. The summed E-state index contributed by atoms with van der Waals surface area (Å²) in [4.78, 5) is 7.95. The average Bonchev–Trinajstić information content (AvgIpc) is 2.58. The van der Waals surface area contributed by atoms with Crippen LogP contribution in [-0.4, -0.2) is 51.9 Å². The topological polar surface area (TPSA) is 71.6 Å². The molecule has 0 saturated heterocycles. The largest absolute Gasteiger partial charge is 0.380 e. The summed E-state index contributed by atoms with van der Waals surface area (Å²) in [7, 11) is 7.38. The fourth-order valence-corrected chi connectivity index (χ4v) is 2.89. The minimum Gasteiger partial charge on any atom is -0.380 e. The number of hydrogen-bond donors (Lipinski definition) is 1. The molecule has 0 spiro atoms. The lowest BCUT2D eigenvalue weighted by Crippen LogP contribution is -2.09. The van der Waals surface area contributed by atoms with E-state index in [0.29, 0.717) is 5.03 Å². The van der Waals surface area contributed by atoms with Crippen LogP contribution in [0.4, 0.5) is 0 Å². The van der Waals surface area contributed by atoms with E-state index in [2.05, 4.69) is 15.0 Å². The van der Waals surface area contributed by atoms with Crippen molar-refractivity contribution in [3.63, 3.8) is 0 Å². The summed E-state index contributed by atoms with van der Waals surface area (Å²) >= 11 is 4.27. The van der Waals surface area contributed by atoms with Gasteiger partial charge in [0.25, 0.3) is 11.4 Å². The summed E-state index contributed by atoms with van der Waals surface area (Å²) < 4.78 is 0.789. The van der Waals surface area contributed by atoms with Gasteiger partial charge in [0.05, 0.1) is 34.5 Å². The van der Waals surface area contributed by atoms with E-state index in [4.69, 9.17) is 23.7 Å². The van der Waals surface area contributed by atoms with Gasteiger partial charge < -0.3 is 10.2 Å². The van der Waals surface area contributed by atoms with Gasteiger partial charge in [-0.2, -0.15) is 0 Å². The predicted octanol–water partition coefficient (Wildman–Crippen LogP) is 3.68. The van der Waals surface area contributed by atoms with Crippen LogP contribution in [0.3, 0.4) is 0 Å². The van der Waals surface area contributed by atoms with Crippen molar-refractivity contribution in [1.29, 1.82) is 10.5 Å². The molecule has 6 nitrogen and oxygen atoms in total. The molecule has 0 saturated carbocycles.